The van der Waals surface area contributed by atoms with E-state index < -0.39 is 11.7 Å². The standard InChI is InChI=1S/C12H13F2NO/c13-9-3-1-2-8-6-12(15-11(8)9)4-5-16-7-10(12)14/h1-3,10,15H,4-7H2. The lowest BCUT2D eigenvalue weighted by Gasteiger charge is -2.37. The van der Waals surface area contributed by atoms with Crippen LogP contribution in [0, 0.1) is 5.82 Å². The van der Waals surface area contributed by atoms with E-state index in [4.69, 9.17) is 4.74 Å². The van der Waals surface area contributed by atoms with Crippen LogP contribution in [-0.2, 0) is 11.2 Å². The number of benzene rings is 1. The molecule has 1 N–H and O–H groups in total. The van der Waals surface area contributed by atoms with Crippen molar-refractivity contribution in [3.8, 4) is 0 Å². The monoisotopic (exact) mass is 225 g/mol. The maximum absolute atomic E-state index is 13.9. The number of halogens is 2. The molecule has 0 aliphatic carbocycles. The molecule has 16 heavy (non-hydrogen) atoms. The highest BCUT2D eigenvalue weighted by Crippen LogP contribution is 2.40. The molecule has 1 fully saturated rings. The zero-order valence-corrected chi connectivity index (χ0v) is 8.80. The normalized spacial score (nSPS) is 32.5. The molecule has 86 valence electrons. The minimum Gasteiger partial charge on any atom is -0.378 e. The van der Waals surface area contributed by atoms with Crippen LogP contribution in [0.3, 0.4) is 0 Å². The molecule has 4 heteroatoms. The van der Waals surface area contributed by atoms with Gasteiger partial charge in [0, 0.05) is 13.0 Å². The fourth-order valence-corrected chi connectivity index (χ4v) is 2.59. The molecule has 0 saturated carbocycles. The number of rotatable bonds is 0. The molecule has 0 amide bonds. The number of alkyl halides is 1. The van der Waals surface area contributed by atoms with Crippen molar-refractivity contribution >= 4 is 5.69 Å². The smallest absolute Gasteiger partial charge is 0.147 e. The van der Waals surface area contributed by atoms with Gasteiger partial charge >= 0.3 is 0 Å². The Hall–Kier alpha value is -1.16. The Balaban J connectivity index is 1.97. The molecule has 3 rings (SSSR count). The number of anilines is 1. The summed E-state index contributed by atoms with van der Waals surface area (Å²) in [6.07, 6.45) is 0.0560. The molecule has 1 saturated heterocycles. The molecule has 1 spiro atoms. The Morgan fingerprint density at radius 3 is 3.06 bits per heavy atom. The van der Waals surface area contributed by atoms with E-state index in [0.717, 1.165) is 5.56 Å². The van der Waals surface area contributed by atoms with Gasteiger partial charge in [-0.2, -0.15) is 0 Å². The van der Waals surface area contributed by atoms with Crippen LogP contribution in [0.25, 0.3) is 0 Å². The van der Waals surface area contributed by atoms with Crippen molar-refractivity contribution in [1.82, 2.24) is 0 Å². The van der Waals surface area contributed by atoms with Crippen molar-refractivity contribution < 1.29 is 13.5 Å². The fraction of sp³-hybridized carbons (Fsp3) is 0.500. The lowest BCUT2D eigenvalue weighted by molar-refractivity contribution is -0.00548. The number of nitrogens with one attached hydrogen (secondary N) is 1. The number of hydrogen-bond acceptors (Lipinski definition) is 2. The van der Waals surface area contributed by atoms with Gasteiger partial charge in [-0.15, -0.1) is 0 Å². The summed E-state index contributed by atoms with van der Waals surface area (Å²) < 4.78 is 32.6. The molecule has 1 aromatic rings. The molecule has 2 atom stereocenters. The Labute approximate surface area is 92.6 Å². The second kappa shape index (κ2) is 3.42. The van der Waals surface area contributed by atoms with E-state index in [2.05, 4.69) is 5.32 Å². The van der Waals surface area contributed by atoms with Gasteiger partial charge in [-0.05, 0) is 18.1 Å². The van der Waals surface area contributed by atoms with Gasteiger partial charge in [0.05, 0.1) is 17.8 Å². The van der Waals surface area contributed by atoms with E-state index >= 15 is 0 Å². The molecule has 0 aromatic heterocycles. The van der Waals surface area contributed by atoms with Gasteiger partial charge in [0.1, 0.15) is 12.0 Å². The lowest BCUT2D eigenvalue weighted by Crippen LogP contribution is -2.52. The Bertz CT molecular complexity index is 423. The van der Waals surface area contributed by atoms with E-state index in [1.54, 1.807) is 6.07 Å². The molecule has 2 unspecified atom stereocenters. The van der Waals surface area contributed by atoms with Crippen LogP contribution >= 0.6 is 0 Å². The van der Waals surface area contributed by atoms with Gasteiger partial charge in [-0.25, -0.2) is 8.78 Å². The summed E-state index contributed by atoms with van der Waals surface area (Å²) in [4.78, 5) is 0. The van der Waals surface area contributed by atoms with Gasteiger partial charge in [0.15, 0.2) is 0 Å². The van der Waals surface area contributed by atoms with Crippen LogP contribution in [-0.4, -0.2) is 24.9 Å². The SMILES string of the molecule is Fc1cccc2c1NC1(CCOCC1F)C2. The van der Waals surface area contributed by atoms with Crippen molar-refractivity contribution in [3.05, 3.63) is 29.6 Å². The summed E-state index contributed by atoms with van der Waals surface area (Å²) in [6, 6.07) is 4.92. The number of ether oxygens (including phenoxy) is 1. The largest absolute Gasteiger partial charge is 0.378 e. The third-order valence-electron chi connectivity index (χ3n) is 3.54. The van der Waals surface area contributed by atoms with Crippen LogP contribution in [0.1, 0.15) is 12.0 Å². The highest BCUT2D eigenvalue weighted by molar-refractivity contribution is 5.60. The zero-order valence-electron chi connectivity index (χ0n) is 8.80. The number of hydrogen-bond donors (Lipinski definition) is 1. The summed E-state index contributed by atoms with van der Waals surface area (Å²) in [7, 11) is 0. The summed E-state index contributed by atoms with van der Waals surface area (Å²) in [6.45, 7) is 0.631. The molecule has 2 aliphatic heterocycles. The predicted molar refractivity (Wildman–Crippen MR) is 56.8 cm³/mol. The third-order valence-corrected chi connectivity index (χ3v) is 3.54. The van der Waals surface area contributed by atoms with Crippen LogP contribution in [0.5, 0.6) is 0 Å². The molecule has 2 nitrogen and oxygen atoms in total. The van der Waals surface area contributed by atoms with Gasteiger partial charge in [0.25, 0.3) is 0 Å². The van der Waals surface area contributed by atoms with Crippen LogP contribution in [0.15, 0.2) is 18.2 Å². The van der Waals surface area contributed by atoms with Gasteiger partial charge in [-0.1, -0.05) is 12.1 Å². The summed E-state index contributed by atoms with van der Waals surface area (Å²) >= 11 is 0. The Morgan fingerprint density at radius 2 is 2.31 bits per heavy atom. The van der Waals surface area contributed by atoms with E-state index in [-0.39, 0.29) is 12.4 Å². The first-order chi connectivity index (χ1) is 7.71. The molecule has 2 heterocycles. The molecule has 0 radical (unpaired) electrons. The van der Waals surface area contributed by atoms with Gasteiger partial charge < -0.3 is 10.1 Å². The number of para-hydroxylation sites is 1. The van der Waals surface area contributed by atoms with Crippen molar-refractivity contribution in [2.75, 3.05) is 18.5 Å². The first-order valence-electron chi connectivity index (χ1n) is 5.49. The van der Waals surface area contributed by atoms with Crippen LogP contribution < -0.4 is 5.32 Å². The van der Waals surface area contributed by atoms with Gasteiger partial charge in [-0.3, -0.25) is 0 Å². The lowest BCUT2D eigenvalue weighted by atomic mass is 9.86. The van der Waals surface area contributed by atoms with E-state index in [1.807, 2.05) is 6.07 Å². The van der Waals surface area contributed by atoms with Gasteiger partial charge in [0.2, 0.25) is 0 Å². The van der Waals surface area contributed by atoms with E-state index in [1.165, 1.54) is 6.07 Å². The molecular formula is C12H13F2NO. The van der Waals surface area contributed by atoms with Crippen molar-refractivity contribution in [3.63, 3.8) is 0 Å². The average Bonchev–Trinajstić information content (AvgIpc) is 2.64. The van der Waals surface area contributed by atoms with Crippen molar-refractivity contribution in [2.24, 2.45) is 0 Å². The Morgan fingerprint density at radius 1 is 1.44 bits per heavy atom. The summed E-state index contributed by atoms with van der Waals surface area (Å²) in [5.74, 6) is -0.298. The average molecular weight is 225 g/mol. The topological polar surface area (TPSA) is 21.3 Å². The minimum atomic E-state index is -1.08. The maximum Gasteiger partial charge on any atom is 0.147 e. The first-order valence-corrected chi connectivity index (χ1v) is 5.49. The Kier molecular flexibility index (Phi) is 2.14. The molecule has 0 bridgehead atoms. The highest BCUT2D eigenvalue weighted by Gasteiger charge is 2.46. The molecule has 2 aliphatic rings. The van der Waals surface area contributed by atoms with Crippen LogP contribution in [0.2, 0.25) is 0 Å². The first kappa shape index (κ1) is 10.0. The summed E-state index contributed by atoms with van der Waals surface area (Å²) in [5.41, 5.74) is 0.680. The quantitative estimate of drug-likeness (QED) is 0.731. The second-order valence-electron chi connectivity index (χ2n) is 4.52. The van der Waals surface area contributed by atoms with E-state index in [0.29, 0.717) is 25.1 Å². The molecular weight excluding hydrogens is 212 g/mol. The predicted octanol–water partition coefficient (Wildman–Crippen LogP) is 2.29. The fourth-order valence-electron chi connectivity index (χ4n) is 2.59. The van der Waals surface area contributed by atoms with Crippen molar-refractivity contribution in [2.45, 2.75) is 24.6 Å². The minimum absolute atomic E-state index is 0.0998. The maximum atomic E-state index is 13.9. The third kappa shape index (κ3) is 1.33. The second-order valence-corrected chi connectivity index (χ2v) is 4.52. The highest BCUT2D eigenvalue weighted by atomic mass is 19.1. The number of fused-ring (bicyclic) bond motifs is 1. The summed E-state index contributed by atoms with van der Waals surface area (Å²) in [5, 5.41) is 3.04. The molecule has 1 aromatic carbocycles. The van der Waals surface area contributed by atoms with E-state index in [9.17, 15) is 8.78 Å². The van der Waals surface area contributed by atoms with Crippen LogP contribution in [0.4, 0.5) is 14.5 Å². The zero-order chi connectivity index (χ0) is 11.2. The van der Waals surface area contributed by atoms with Crippen molar-refractivity contribution in [1.29, 1.82) is 0 Å².